The SMILES string of the molecule is Cc1nn(Cc2cccc(Cl)c2)c(C)c1NC(=O)c1nn(C)cc1C(=O)O. The zero-order valence-electron chi connectivity index (χ0n) is 15.0. The first kappa shape index (κ1) is 18.7. The molecule has 1 amide bonds. The summed E-state index contributed by atoms with van der Waals surface area (Å²) in [4.78, 5) is 23.9. The number of hydrogen-bond donors (Lipinski definition) is 2. The van der Waals surface area contributed by atoms with Gasteiger partial charge < -0.3 is 10.4 Å². The molecule has 0 aliphatic carbocycles. The van der Waals surface area contributed by atoms with Crippen molar-refractivity contribution in [3.05, 3.63) is 63.7 Å². The summed E-state index contributed by atoms with van der Waals surface area (Å²) in [5, 5.41) is 21.0. The van der Waals surface area contributed by atoms with Gasteiger partial charge in [-0.2, -0.15) is 10.2 Å². The van der Waals surface area contributed by atoms with Gasteiger partial charge in [0, 0.05) is 18.3 Å². The third-order valence-corrected chi connectivity index (χ3v) is 4.35. The third kappa shape index (κ3) is 3.85. The normalized spacial score (nSPS) is 10.8. The van der Waals surface area contributed by atoms with Crippen molar-refractivity contribution in [1.82, 2.24) is 19.6 Å². The second kappa shape index (κ2) is 7.24. The molecule has 0 atom stereocenters. The van der Waals surface area contributed by atoms with Gasteiger partial charge in [0.25, 0.3) is 5.91 Å². The van der Waals surface area contributed by atoms with Crippen molar-refractivity contribution in [2.45, 2.75) is 20.4 Å². The van der Waals surface area contributed by atoms with Crippen LogP contribution < -0.4 is 5.32 Å². The van der Waals surface area contributed by atoms with Crippen LogP contribution in [0.2, 0.25) is 5.02 Å². The van der Waals surface area contributed by atoms with Crippen LogP contribution in [0.5, 0.6) is 0 Å². The Morgan fingerprint density at radius 1 is 1.26 bits per heavy atom. The molecule has 2 N–H and O–H groups in total. The lowest BCUT2D eigenvalue weighted by Gasteiger charge is -2.07. The van der Waals surface area contributed by atoms with Crippen molar-refractivity contribution < 1.29 is 14.7 Å². The van der Waals surface area contributed by atoms with Crippen LogP contribution in [0.25, 0.3) is 0 Å². The lowest BCUT2D eigenvalue weighted by Crippen LogP contribution is -2.17. The molecule has 2 heterocycles. The van der Waals surface area contributed by atoms with Gasteiger partial charge >= 0.3 is 5.97 Å². The summed E-state index contributed by atoms with van der Waals surface area (Å²) in [5.41, 5.74) is 2.57. The minimum Gasteiger partial charge on any atom is -0.478 e. The summed E-state index contributed by atoms with van der Waals surface area (Å²) >= 11 is 6.02. The van der Waals surface area contributed by atoms with Crippen molar-refractivity contribution in [2.24, 2.45) is 7.05 Å². The minimum atomic E-state index is -1.21. The van der Waals surface area contributed by atoms with Crippen LogP contribution in [0.4, 0.5) is 5.69 Å². The standard InChI is InChI=1S/C18H18ClN5O3/c1-10-15(20-17(25)16-14(18(26)27)9-23(3)22-16)11(2)24(21-10)8-12-5-4-6-13(19)7-12/h4-7,9H,8H2,1-3H3,(H,20,25)(H,26,27). The van der Waals surface area contributed by atoms with Gasteiger partial charge in [-0.1, -0.05) is 23.7 Å². The van der Waals surface area contributed by atoms with Crippen LogP contribution in [0.1, 0.15) is 37.8 Å². The van der Waals surface area contributed by atoms with Crippen molar-refractivity contribution in [3.63, 3.8) is 0 Å². The van der Waals surface area contributed by atoms with Crippen molar-refractivity contribution in [2.75, 3.05) is 5.32 Å². The van der Waals surface area contributed by atoms with Crippen molar-refractivity contribution in [1.29, 1.82) is 0 Å². The Hall–Kier alpha value is -3.13. The highest BCUT2D eigenvalue weighted by atomic mass is 35.5. The Balaban J connectivity index is 1.87. The van der Waals surface area contributed by atoms with E-state index < -0.39 is 11.9 Å². The number of hydrogen-bond acceptors (Lipinski definition) is 4. The fraction of sp³-hybridized carbons (Fsp3) is 0.222. The number of nitrogens with zero attached hydrogens (tertiary/aromatic N) is 4. The van der Waals surface area contributed by atoms with E-state index in [0.29, 0.717) is 22.9 Å². The number of aromatic nitrogens is 4. The molecule has 0 spiro atoms. The number of aryl methyl sites for hydroxylation is 2. The van der Waals surface area contributed by atoms with E-state index in [2.05, 4.69) is 15.5 Å². The van der Waals surface area contributed by atoms with Gasteiger partial charge in [0.1, 0.15) is 5.56 Å². The molecule has 0 fully saturated rings. The average molecular weight is 388 g/mol. The molecule has 0 saturated carbocycles. The van der Waals surface area contributed by atoms with Gasteiger partial charge in [0.05, 0.1) is 23.6 Å². The molecule has 0 saturated heterocycles. The summed E-state index contributed by atoms with van der Waals surface area (Å²) in [7, 11) is 1.56. The fourth-order valence-electron chi connectivity index (χ4n) is 2.83. The molecular weight excluding hydrogens is 370 g/mol. The Morgan fingerprint density at radius 2 is 2.00 bits per heavy atom. The monoisotopic (exact) mass is 387 g/mol. The van der Waals surface area contributed by atoms with E-state index >= 15 is 0 Å². The Morgan fingerprint density at radius 3 is 2.67 bits per heavy atom. The van der Waals surface area contributed by atoms with Crippen molar-refractivity contribution in [3.8, 4) is 0 Å². The Bertz CT molecular complexity index is 1040. The number of nitrogens with one attached hydrogen (secondary N) is 1. The molecule has 8 nitrogen and oxygen atoms in total. The number of amides is 1. The molecule has 2 aromatic heterocycles. The number of carboxylic acids is 1. The molecule has 0 bridgehead atoms. The lowest BCUT2D eigenvalue weighted by molar-refractivity contribution is 0.0692. The molecule has 3 aromatic rings. The first-order valence-corrected chi connectivity index (χ1v) is 8.50. The third-order valence-electron chi connectivity index (χ3n) is 4.12. The second-order valence-corrected chi connectivity index (χ2v) is 6.59. The number of rotatable bonds is 5. The molecule has 0 aliphatic rings. The average Bonchev–Trinajstić information content (AvgIpc) is 3.11. The molecule has 0 radical (unpaired) electrons. The molecule has 27 heavy (non-hydrogen) atoms. The maximum atomic E-state index is 12.6. The number of carbonyl (C=O) groups is 2. The predicted octanol–water partition coefficient (Wildman–Crippen LogP) is 2.89. The number of anilines is 1. The van der Waals surface area contributed by atoms with Gasteiger partial charge in [-0.15, -0.1) is 0 Å². The van der Waals surface area contributed by atoms with Crippen molar-refractivity contribution >= 4 is 29.2 Å². The highest BCUT2D eigenvalue weighted by molar-refractivity contribution is 6.30. The van der Waals surface area contributed by atoms with Gasteiger partial charge in [0.2, 0.25) is 0 Å². The van der Waals surface area contributed by atoms with Crippen LogP contribution in [0, 0.1) is 13.8 Å². The summed E-state index contributed by atoms with van der Waals surface area (Å²) in [6.07, 6.45) is 1.29. The molecule has 0 aliphatic heterocycles. The van der Waals surface area contributed by atoms with Crippen LogP contribution in [0.3, 0.4) is 0 Å². The maximum absolute atomic E-state index is 12.6. The summed E-state index contributed by atoms with van der Waals surface area (Å²) in [6.45, 7) is 4.09. The van der Waals surface area contributed by atoms with Gasteiger partial charge in [-0.25, -0.2) is 4.79 Å². The molecular formula is C18H18ClN5O3. The second-order valence-electron chi connectivity index (χ2n) is 6.16. The Kier molecular flexibility index (Phi) is 5.00. The zero-order valence-corrected chi connectivity index (χ0v) is 15.8. The topological polar surface area (TPSA) is 102 Å². The number of halogens is 1. The Labute approximate surface area is 160 Å². The van der Waals surface area contributed by atoms with E-state index in [4.69, 9.17) is 11.6 Å². The van der Waals surface area contributed by atoms with Crippen LogP contribution >= 0.6 is 11.6 Å². The van der Waals surface area contributed by atoms with E-state index in [1.807, 2.05) is 25.1 Å². The molecule has 3 rings (SSSR count). The summed E-state index contributed by atoms with van der Waals surface area (Å²) in [6, 6.07) is 7.45. The largest absolute Gasteiger partial charge is 0.478 e. The zero-order chi connectivity index (χ0) is 19.7. The first-order valence-electron chi connectivity index (χ1n) is 8.13. The fourth-order valence-corrected chi connectivity index (χ4v) is 3.04. The van der Waals surface area contributed by atoms with Crippen LogP contribution in [0.15, 0.2) is 30.5 Å². The molecule has 140 valence electrons. The molecule has 9 heteroatoms. The number of carbonyl (C=O) groups excluding carboxylic acids is 1. The molecule has 0 unspecified atom stereocenters. The van der Waals surface area contributed by atoms with Crippen LogP contribution in [-0.2, 0) is 13.6 Å². The highest BCUT2D eigenvalue weighted by Crippen LogP contribution is 2.22. The lowest BCUT2D eigenvalue weighted by atomic mass is 10.2. The van der Waals surface area contributed by atoms with Gasteiger partial charge in [-0.05, 0) is 31.5 Å². The van der Waals surface area contributed by atoms with Gasteiger partial charge in [0.15, 0.2) is 5.69 Å². The minimum absolute atomic E-state index is 0.147. The number of aromatic carboxylic acids is 1. The number of carboxylic acid groups (broad SMARTS) is 1. The van der Waals surface area contributed by atoms with E-state index in [-0.39, 0.29) is 11.3 Å². The van der Waals surface area contributed by atoms with E-state index in [1.54, 1.807) is 24.7 Å². The maximum Gasteiger partial charge on any atom is 0.339 e. The highest BCUT2D eigenvalue weighted by Gasteiger charge is 2.23. The quantitative estimate of drug-likeness (QED) is 0.700. The van der Waals surface area contributed by atoms with E-state index in [0.717, 1.165) is 11.3 Å². The molecule has 1 aromatic carbocycles. The smallest absolute Gasteiger partial charge is 0.339 e. The van der Waals surface area contributed by atoms with Crippen LogP contribution in [-0.4, -0.2) is 36.5 Å². The van der Waals surface area contributed by atoms with E-state index in [1.165, 1.54) is 10.9 Å². The summed E-state index contributed by atoms with van der Waals surface area (Å²) < 4.78 is 3.05. The number of benzene rings is 1. The summed E-state index contributed by atoms with van der Waals surface area (Å²) in [5.74, 6) is -1.81. The first-order chi connectivity index (χ1) is 12.8. The van der Waals surface area contributed by atoms with Gasteiger partial charge in [-0.3, -0.25) is 14.2 Å². The van der Waals surface area contributed by atoms with E-state index in [9.17, 15) is 14.7 Å². The predicted molar refractivity (Wildman–Crippen MR) is 100 cm³/mol.